The maximum Gasteiger partial charge on any atom is 0.261 e. The molecule has 2 aromatic carbocycles. The number of nitrogens with one attached hydrogen (secondary N) is 1. The molecule has 162 valence electrons. The lowest BCUT2D eigenvalue weighted by Gasteiger charge is -2.29. The van der Waals surface area contributed by atoms with Crippen LogP contribution in [-0.2, 0) is 16.1 Å². The quantitative estimate of drug-likeness (QED) is 0.646. The normalized spacial score (nSPS) is 12.6. The summed E-state index contributed by atoms with van der Waals surface area (Å²) in [7, 11) is 1.59. The third-order valence-electron chi connectivity index (χ3n) is 5.06. The van der Waals surface area contributed by atoms with Crippen LogP contribution in [0.3, 0.4) is 0 Å². The van der Waals surface area contributed by atoms with E-state index in [0.29, 0.717) is 18.0 Å². The fraction of sp³-hybridized carbons (Fsp3) is 0.417. The Labute approximate surface area is 179 Å². The number of carbonyl (C=O) groups excluding carboxylic acids is 2. The van der Waals surface area contributed by atoms with Gasteiger partial charge in [0.2, 0.25) is 5.91 Å². The summed E-state index contributed by atoms with van der Waals surface area (Å²) in [6, 6.07) is 14.4. The van der Waals surface area contributed by atoms with Crippen molar-refractivity contribution in [1.82, 2.24) is 10.2 Å². The molecule has 2 rings (SSSR count). The van der Waals surface area contributed by atoms with E-state index in [1.54, 1.807) is 43.2 Å². The number of rotatable bonds is 10. The first kappa shape index (κ1) is 23.3. The average molecular weight is 413 g/mol. The second kappa shape index (κ2) is 11.2. The highest BCUT2D eigenvalue weighted by Gasteiger charge is 2.27. The van der Waals surface area contributed by atoms with Crippen LogP contribution in [0.4, 0.5) is 0 Å². The first-order valence-corrected chi connectivity index (χ1v) is 10.3. The molecule has 2 aromatic rings. The second-order valence-electron chi connectivity index (χ2n) is 7.47. The minimum atomic E-state index is -0.618. The van der Waals surface area contributed by atoms with Gasteiger partial charge in [-0.25, -0.2) is 0 Å². The van der Waals surface area contributed by atoms with E-state index in [1.807, 2.05) is 45.0 Å². The molecular weight excluding hydrogens is 380 g/mol. The van der Waals surface area contributed by atoms with E-state index in [0.717, 1.165) is 17.5 Å². The van der Waals surface area contributed by atoms with Crippen LogP contribution in [0, 0.1) is 6.92 Å². The predicted molar refractivity (Wildman–Crippen MR) is 118 cm³/mol. The Hall–Kier alpha value is -3.02. The molecule has 0 bridgehead atoms. The number of hydrogen-bond donors (Lipinski definition) is 1. The van der Waals surface area contributed by atoms with Gasteiger partial charge in [0.05, 0.1) is 7.11 Å². The number of amides is 2. The molecule has 6 nitrogen and oxygen atoms in total. The number of ether oxygens (including phenoxy) is 2. The third kappa shape index (κ3) is 6.79. The van der Waals surface area contributed by atoms with E-state index in [9.17, 15) is 9.59 Å². The van der Waals surface area contributed by atoms with Gasteiger partial charge in [-0.1, -0.05) is 36.8 Å². The van der Waals surface area contributed by atoms with Gasteiger partial charge >= 0.3 is 0 Å². The number of aryl methyl sites for hydroxylation is 1. The Morgan fingerprint density at radius 3 is 2.17 bits per heavy atom. The van der Waals surface area contributed by atoms with Gasteiger partial charge in [0.25, 0.3) is 5.91 Å². The molecule has 0 heterocycles. The van der Waals surface area contributed by atoms with Crippen LogP contribution in [0.1, 0.15) is 38.3 Å². The molecule has 0 saturated heterocycles. The third-order valence-corrected chi connectivity index (χ3v) is 5.06. The average Bonchev–Trinajstić information content (AvgIpc) is 2.76. The first-order valence-electron chi connectivity index (χ1n) is 10.3. The van der Waals surface area contributed by atoms with Crippen LogP contribution in [0.15, 0.2) is 48.5 Å². The van der Waals surface area contributed by atoms with Gasteiger partial charge in [0, 0.05) is 12.6 Å². The topological polar surface area (TPSA) is 67.9 Å². The van der Waals surface area contributed by atoms with Crippen molar-refractivity contribution in [1.29, 1.82) is 0 Å². The SMILES string of the molecule is CC[C@@H](C)NC(=O)[C@@H](C)N(Cc1ccc(C)cc1)C(=O)COc1ccc(OC)cc1. The molecule has 0 aliphatic rings. The molecule has 0 aromatic heterocycles. The molecule has 2 atom stereocenters. The zero-order valence-electron chi connectivity index (χ0n) is 18.5. The number of nitrogens with zero attached hydrogens (tertiary/aromatic N) is 1. The summed E-state index contributed by atoms with van der Waals surface area (Å²) in [5, 5.41) is 2.96. The highest BCUT2D eigenvalue weighted by Crippen LogP contribution is 2.18. The lowest BCUT2D eigenvalue weighted by molar-refractivity contribution is -0.142. The Balaban J connectivity index is 2.12. The Morgan fingerprint density at radius 1 is 1.00 bits per heavy atom. The number of benzene rings is 2. The van der Waals surface area contributed by atoms with Gasteiger partial charge in [0.1, 0.15) is 17.5 Å². The van der Waals surface area contributed by atoms with Crippen LogP contribution >= 0.6 is 0 Å². The molecule has 6 heteroatoms. The molecule has 1 N–H and O–H groups in total. The highest BCUT2D eigenvalue weighted by atomic mass is 16.5. The fourth-order valence-electron chi connectivity index (χ4n) is 2.84. The Morgan fingerprint density at radius 2 is 1.60 bits per heavy atom. The van der Waals surface area contributed by atoms with Crippen LogP contribution < -0.4 is 14.8 Å². The molecular formula is C24H32N2O4. The van der Waals surface area contributed by atoms with E-state index in [1.165, 1.54) is 0 Å². The van der Waals surface area contributed by atoms with Crippen molar-refractivity contribution >= 4 is 11.8 Å². The summed E-state index contributed by atoms with van der Waals surface area (Å²) in [4.78, 5) is 27.3. The molecule has 0 saturated carbocycles. The van der Waals surface area contributed by atoms with E-state index >= 15 is 0 Å². The van der Waals surface area contributed by atoms with Crippen molar-refractivity contribution in [3.8, 4) is 11.5 Å². The number of carbonyl (C=O) groups is 2. The lowest BCUT2D eigenvalue weighted by Crippen LogP contribution is -2.50. The predicted octanol–water partition coefficient (Wildman–Crippen LogP) is 3.71. The maximum atomic E-state index is 13.0. The summed E-state index contributed by atoms with van der Waals surface area (Å²) < 4.78 is 10.8. The molecule has 0 spiro atoms. The summed E-state index contributed by atoms with van der Waals surface area (Å²) in [5.74, 6) is 0.855. The second-order valence-corrected chi connectivity index (χ2v) is 7.47. The van der Waals surface area contributed by atoms with Crippen molar-refractivity contribution < 1.29 is 19.1 Å². The molecule has 0 unspecified atom stereocenters. The smallest absolute Gasteiger partial charge is 0.261 e. The summed E-state index contributed by atoms with van der Waals surface area (Å²) in [6.07, 6.45) is 0.824. The minimum absolute atomic E-state index is 0.0480. The van der Waals surface area contributed by atoms with E-state index in [2.05, 4.69) is 5.32 Å². The summed E-state index contributed by atoms with van der Waals surface area (Å²) in [6.45, 7) is 7.89. The number of methoxy groups -OCH3 is 1. The standard InChI is InChI=1S/C24H32N2O4/c1-6-18(3)25-24(28)19(4)26(15-20-9-7-17(2)8-10-20)23(27)16-30-22-13-11-21(29-5)12-14-22/h7-14,18-19H,6,15-16H2,1-5H3,(H,25,28)/t18-,19-/m1/s1. The fourth-order valence-corrected chi connectivity index (χ4v) is 2.84. The molecule has 2 amide bonds. The maximum absolute atomic E-state index is 13.0. The van der Waals surface area contributed by atoms with Crippen molar-refractivity contribution in [2.75, 3.05) is 13.7 Å². The number of hydrogen-bond acceptors (Lipinski definition) is 4. The zero-order valence-corrected chi connectivity index (χ0v) is 18.5. The van der Waals surface area contributed by atoms with Crippen molar-refractivity contribution in [3.63, 3.8) is 0 Å². The molecule has 0 aliphatic heterocycles. The van der Waals surface area contributed by atoms with E-state index in [-0.39, 0.29) is 24.5 Å². The van der Waals surface area contributed by atoms with Gasteiger partial charge in [-0.3, -0.25) is 9.59 Å². The first-order chi connectivity index (χ1) is 14.3. The Kier molecular flexibility index (Phi) is 8.71. The van der Waals surface area contributed by atoms with Gasteiger partial charge in [-0.15, -0.1) is 0 Å². The molecule has 0 aliphatic carbocycles. The monoisotopic (exact) mass is 412 g/mol. The molecule has 0 radical (unpaired) electrons. The lowest BCUT2D eigenvalue weighted by atomic mass is 10.1. The Bertz CT molecular complexity index is 818. The highest BCUT2D eigenvalue weighted by molar-refractivity contribution is 5.88. The van der Waals surface area contributed by atoms with Gasteiger partial charge in [0.15, 0.2) is 6.61 Å². The van der Waals surface area contributed by atoms with Gasteiger partial charge in [-0.2, -0.15) is 0 Å². The van der Waals surface area contributed by atoms with Crippen LogP contribution in [0.5, 0.6) is 11.5 Å². The van der Waals surface area contributed by atoms with Gasteiger partial charge in [-0.05, 0) is 57.0 Å². The van der Waals surface area contributed by atoms with E-state index in [4.69, 9.17) is 9.47 Å². The van der Waals surface area contributed by atoms with Crippen molar-refractivity contribution in [2.45, 2.75) is 52.7 Å². The van der Waals surface area contributed by atoms with Crippen molar-refractivity contribution in [3.05, 3.63) is 59.7 Å². The van der Waals surface area contributed by atoms with Crippen LogP contribution in [-0.4, -0.2) is 42.5 Å². The van der Waals surface area contributed by atoms with E-state index < -0.39 is 6.04 Å². The molecule has 0 fully saturated rings. The zero-order chi connectivity index (χ0) is 22.1. The minimum Gasteiger partial charge on any atom is -0.497 e. The largest absolute Gasteiger partial charge is 0.497 e. The summed E-state index contributed by atoms with van der Waals surface area (Å²) >= 11 is 0. The van der Waals surface area contributed by atoms with Gasteiger partial charge < -0.3 is 19.7 Å². The van der Waals surface area contributed by atoms with Crippen molar-refractivity contribution in [2.24, 2.45) is 0 Å². The van der Waals surface area contributed by atoms with Crippen LogP contribution in [0.25, 0.3) is 0 Å². The summed E-state index contributed by atoms with van der Waals surface area (Å²) in [5.41, 5.74) is 2.10. The van der Waals surface area contributed by atoms with Crippen LogP contribution in [0.2, 0.25) is 0 Å². The molecule has 30 heavy (non-hydrogen) atoms.